The van der Waals surface area contributed by atoms with Crippen molar-refractivity contribution in [1.82, 2.24) is 4.90 Å². The molecule has 0 radical (unpaired) electrons. The number of nitrogens with two attached hydrogens (primary N) is 1. The van der Waals surface area contributed by atoms with Crippen LogP contribution in [0.4, 0.5) is 5.69 Å². The Morgan fingerprint density at radius 3 is 2.59 bits per heavy atom. The molecular weight excluding hydrogens is 212 g/mol. The Morgan fingerprint density at radius 1 is 1.24 bits per heavy atom. The lowest BCUT2D eigenvalue weighted by atomic mass is 10.1. The molecule has 2 N–H and O–H groups in total. The van der Waals surface area contributed by atoms with Gasteiger partial charge in [0.15, 0.2) is 0 Å². The van der Waals surface area contributed by atoms with Crippen molar-refractivity contribution >= 4 is 11.5 Å². The highest BCUT2D eigenvalue weighted by molar-refractivity contribution is 5.98. The third-order valence-corrected chi connectivity index (χ3v) is 3.25. The Labute approximate surface area is 103 Å². The smallest absolute Gasteiger partial charge is 0.125 e. The lowest BCUT2D eigenvalue weighted by molar-refractivity contribution is 0.313. The molecule has 4 nitrogen and oxygen atoms in total. The molecule has 1 fully saturated rings. The summed E-state index contributed by atoms with van der Waals surface area (Å²) in [5, 5.41) is 0. The molecule has 1 heterocycles. The Hall–Kier alpha value is -1.55. The van der Waals surface area contributed by atoms with E-state index in [-0.39, 0.29) is 0 Å². The minimum atomic E-state index is 0.598. The molecule has 1 aromatic rings. The van der Waals surface area contributed by atoms with Crippen molar-refractivity contribution in [1.29, 1.82) is 0 Å². The average molecular weight is 232 g/mol. The summed E-state index contributed by atoms with van der Waals surface area (Å²) in [6.07, 6.45) is 0. The van der Waals surface area contributed by atoms with E-state index in [0.29, 0.717) is 5.84 Å². The van der Waals surface area contributed by atoms with Gasteiger partial charge in [0.1, 0.15) is 5.84 Å². The summed E-state index contributed by atoms with van der Waals surface area (Å²) in [7, 11) is 3.88. The predicted molar refractivity (Wildman–Crippen MR) is 72.8 cm³/mol. The van der Waals surface area contributed by atoms with Crippen molar-refractivity contribution in [2.45, 2.75) is 0 Å². The molecule has 0 aliphatic carbocycles. The second-order valence-electron chi connectivity index (χ2n) is 4.45. The van der Waals surface area contributed by atoms with Gasteiger partial charge >= 0.3 is 0 Å². The van der Waals surface area contributed by atoms with Crippen LogP contribution in [0, 0.1) is 0 Å². The summed E-state index contributed by atoms with van der Waals surface area (Å²) in [6, 6.07) is 8.30. The van der Waals surface area contributed by atoms with Crippen LogP contribution in [0.25, 0.3) is 0 Å². The van der Waals surface area contributed by atoms with Crippen LogP contribution in [-0.4, -0.2) is 51.0 Å². The highest BCUT2D eigenvalue weighted by Crippen LogP contribution is 2.17. The molecule has 0 spiro atoms. The van der Waals surface area contributed by atoms with Crippen molar-refractivity contribution in [2.75, 3.05) is 45.2 Å². The number of aliphatic imine (C=N–C) groups is 1. The van der Waals surface area contributed by atoms with Gasteiger partial charge < -0.3 is 15.5 Å². The first-order chi connectivity index (χ1) is 8.20. The molecule has 0 atom stereocenters. The van der Waals surface area contributed by atoms with E-state index < -0.39 is 0 Å². The lowest BCUT2D eigenvalue weighted by Gasteiger charge is -2.34. The summed E-state index contributed by atoms with van der Waals surface area (Å²) in [5.74, 6) is 0.598. The molecule has 1 aromatic carbocycles. The van der Waals surface area contributed by atoms with Crippen molar-refractivity contribution < 1.29 is 0 Å². The fourth-order valence-corrected chi connectivity index (χ4v) is 2.06. The number of amidine groups is 1. The number of nitrogens with zero attached hydrogens (tertiary/aromatic N) is 3. The van der Waals surface area contributed by atoms with Crippen LogP contribution in [-0.2, 0) is 0 Å². The Morgan fingerprint density at radius 2 is 1.94 bits per heavy atom. The summed E-state index contributed by atoms with van der Waals surface area (Å²) >= 11 is 0. The van der Waals surface area contributed by atoms with E-state index in [0.717, 1.165) is 31.7 Å². The number of benzene rings is 1. The monoisotopic (exact) mass is 232 g/mol. The minimum Gasteiger partial charge on any atom is -0.384 e. The SMILES string of the molecule is CN=C(N)c1cccc(N2CCN(C)CC2)c1. The molecule has 0 saturated carbocycles. The molecule has 17 heavy (non-hydrogen) atoms. The zero-order chi connectivity index (χ0) is 12.3. The number of rotatable bonds is 2. The third kappa shape index (κ3) is 2.77. The van der Waals surface area contributed by atoms with Gasteiger partial charge in [0.05, 0.1) is 0 Å². The molecule has 0 bridgehead atoms. The van der Waals surface area contributed by atoms with E-state index in [9.17, 15) is 0 Å². The van der Waals surface area contributed by atoms with Gasteiger partial charge in [0.25, 0.3) is 0 Å². The van der Waals surface area contributed by atoms with Crippen LogP contribution in [0.2, 0.25) is 0 Å². The van der Waals surface area contributed by atoms with Crippen LogP contribution < -0.4 is 10.6 Å². The highest BCUT2D eigenvalue weighted by Gasteiger charge is 2.14. The van der Waals surface area contributed by atoms with E-state index in [1.165, 1.54) is 5.69 Å². The molecular formula is C13H20N4. The van der Waals surface area contributed by atoms with Gasteiger partial charge in [-0.2, -0.15) is 0 Å². The van der Waals surface area contributed by atoms with Gasteiger partial charge in [-0.25, -0.2) is 0 Å². The largest absolute Gasteiger partial charge is 0.384 e. The van der Waals surface area contributed by atoms with Crippen LogP contribution in [0.15, 0.2) is 29.3 Å². The van der Waals surface area contributed by atoms with E-state index in [2.05, 4.69) is 34.0 Å². The van der Waals surface area contributed by atoms with Gasteiger partial charge in [-0.3, -0.25) is 4.99 Å². The first-order valence-electron chi connectivity index (χ1n) is 5.97. The van der Waals surface area contributed by atoms with Gasteiger partial charge in [0.2, 0.25) is 0 Å². The summed E-state index contributed by atoms with van der Waals surface area (Å²) in [5.41, 5.74) is 8.08. The predicted octanol–water partition coefficient (Wildman–Crippen LogP) is 0.773. The van der Waals surface area contributed by atoms with E-state index >= 15 is 0 Å². The summed E-state index contributed by atoms with van der Waals surface area (Å²) < 4.78 is 0. The molecule has 2 rings (SSSR count). The number of hydrogen-bond acceptors (Lipinski definition) is 3. The molecule has 1 aliphatic rings. The number of likely N-dealkylation sites (N-methyl/N-ethyl adjacent to an activating group) is 1. The average Bonchev–Trinajstić information content (AvgIpc) is 2.39. The molecule has 0 aromatic heterocycles. The quantitative estimate of drug-likeness (QED) is 0.605. The standard InChI is InChI=1S/C13H20N4/c1-15-13(14)11-4-3-5-12(10-11)17-8-6-16(2)7-9-17/h3-5,10H,6-9H2,1-2H3,(H2,14,15). The second kappa shape index (κ2) is 5.19. The maximum absolute atomic E-state index is 5.84. The first-order valence-corrected chi connectivity index (χ1v) is 5.97. The maximum atomic E-state index is 5.84. The van der Waals surface area contributed by atoms with Crippen molar-refractivity contribution in [3.05, 3.63) is 29.8 Å². The van der Waals surface area contributed by atoms with Gasteiger partial charge in [-0.15, -0.1) is 0 Å². The molecule has 0 unspecified atom stereocenters. The van der Waals surface area contributed by atoms with Gasteiger partial charge in [0, 0.05) is 44.5 Å². The van der Waals surface area contributed by atoms with Crippen LogP contribution in [0.1, 0.15) is 5.56 Å². The molecule has 0 amide bonds. The number of hydrogen-bond donors (Lipinski definition) is 1. The first kappa shape index (κ1) is 11.9. The minimum absolute atomic E-state index is 0.598. The van der Waals surface area contributed by atoms with E-state index in [1.54, 1.807) is 7.05 Å². The topological polar surface area (TPSA) is 44.9 Å². The zero-order valence-corrected chi connectivity index (χ0v) is 10.6. The summed E-state index contributed by atoms with van der Waals surface area (Å²) in [6.45, 7) is 4.37. The van der Waals surface area contributed by atoms with Crippen LogP contribution in [0.5, 0.6) is 0 Å². The van der Waals surface area contributed by atoms with E-state index in [1.807, 2.05) is 12.1 Å². The zero-order valence-electron chi connectivity index (χ0n) is 10.6. The van der Waals surface area contributed by atoms with Gasteiger partial charge in [-0.05, 0) is 19.2 Å². The lowest BCUT2D eigenvalue weighted by Crippen LogP contribution is -2.44. The van der Waals surface area contributed by atoms with Crippen LogP contribution >= 0.6 is 0 Å². The second-order valence-corrected chi connectivity index (χ2v) is 4.45. The summed E-state index contributed by atoms with van der Waals surface area (Å²) in [4.78, 5) is 8.77. The van der Waals surface area contributed by atoms with Crippen molar-refractivity contribution in [2.24, 2.45) is 10.7 Å². The van der Waals surface area contributed by atoms with Gasteiger partial charge in [-0.1, -0.05) is 12.1 Å². The maximum Gasteiger partial charge on any atom is 0.125 e. The highest BCUT2D eigenvalue weighted by atomic mass is 15.2. The fourth-order valence-electron chi connectivity index (χ4n) is 2.06. The Bertz CT molecular complexity index is 406. The third-order valence-electron chi connectivity index (χ3n) is 3.25. The molecule has 1 aliphatic heterocycles. The van der Waals surface area contributed by atoms with E-state index in [4.69, 9.17) is 5.73 Å². The normalized spacial score (nSPS) is 18.5. The fraction of sp³-hybridized carbons (Fsp3) is 0.462. The Kier molecular flexibility index (Phi) is 3.64. The molecule has 4 heteroatoms. The van der Waals surface area contributed by atoms with Crippen molar-refractivity contribution in [3.8, 4) is 0 Å². The molecule has 1 saturated heterocycles. The van der Waals surface area contributed by atoms with Crippen LogP contribution in [0.3, 0.4) is 0 Å². The molecule has 92 valence electrons. The number of anilines is 1. The Balaban J connectivity index is 2.16. The number of piperazine rings is 1. The van der Waals surface area contributed by atoms with Crippen molar-refractivity contribution in [3.63, 3.8) is 0 Å².